The van der Waals surface area contributed by atoms with Crippen LogP contribution in [0.4, 0.5) is 10.2 Å². The van der Waals surface area contributed by atoms with Gasteiger partial charge in [-0.15, -0.1) is 11.8 Å². The van der Waals surface area contributed by atoms with Gasteiger partial charge in [0, 0.05) is 17.0 Å². The summed E-state index contributed by atoms with van der Waals surface area (Å²) in [5.41, 5.74) is 5.28. The predicted molar refractivity (Wildman–Crippen MR) is 153 cm³/mol. The molecule has 6 nitrogen and oxygen atoms in total. The molecule has 1 aromatic heterocycles. The van der Waals surface area contributed by atoms with Crippen molar-refractivity contribution in [3.63, 3.8) is 0 Å². The molecular formula is C30H37FN4O2S. The highest BCUT2D eigenvalue weighted by Crippen LogP contribution is 2.48. The molecule has 0 saturated heterocycles. The molecule has 3 aromatic rings. The van der Waals surface area contributed by atoms with Gasteiger partial charge in [-0.25, -0.2) is 9.07 Å². The average Bonchev–Trinajstić information content (AvgIpc) is 3.19. The van der Waals surface area contributed by atoms with Crippen molar-refractivity contribution in [1.29, 1.82) is 0 Å². The number of anilines is 1. The van der Waals surface area contributed by atoms with Crippen molar-refractivity contribution >= 4 is 29.4 Å². The van der Waals surface area contributed by atoms with E-state index in [9.17, 15) is 14.0 Å². The summed E-state index contributed by atoms with van der Waals surface area (Å²) in [6, 6.07) is 12.5. The summed E-state index contributed by atoms with van der Waals surface area (Å²) in [7, 11) is 0. The van der Waals surface area contributed by atoms with Gasteiger partial charge in [0.2, 0.25) is 11.8 Å². The molecule has 8 heteroatoms. The van der Waals surface area contributed by atoms with Crippen LogP contribution in [0.2, 0.25) is 0 Å². The summed E-state index contributed by atoms with van der Waals surface area (Å²) < 4.78 is 15.7. The van der Waals surface area contributed by atoms with Crippen LogP contribution in [0.3, 0.4) is 0 Å². The van der Waals surface area contributed by atoms with Crippen molar-refractivity contribution in [2.24, 2.45) is 0 Å². The van der Waals surface area contributed by atoms with Crippen LogP contribution < -0.4 is 10.2 Å². The number of nitrogens with zero attached hydrogens (tertiary/aromatic N) is 3. The lowest BCUT2D eigenvalue weighted by Gasteiger charge is -2.25. The second kappa shape index (κ2) is 10.9. The molecule has 0 spiro atoms. The Morgan fingerprint density at radius 3 is 2.50 bits per heavy atom. The molecule has 2 heterocycles. The molecule has 0 saturated carbocycles. The predicted octanol–water partition coefficient (Wildman–Crippen LogP) is 6.01. The number of aryl methyl sites for hydroxylation is 1. The quantitative estimate of drug-likeness (QED) is 0.419. The fourth-order valence-corrected chi connectivity index (χ4v) is 5.87. The first-order chi connectivity index (χ1) is 17.9. The minimum atomic E-state index is -0.357. The van der Waals surface area contributed by atoms with Gasteiger partial charge < -0.3 is 5.32 Å². The third-order valence-electron chi connectivity index (χ3n) is 7.10. The van der Waals surface area contributed by atoms with Crippen LogP contribution in [0.1, 0.15) is 74.2 Å². The average molecular weight is 537 g/mol. The largest absolute Gasteiger partial charge is 0.352 e. The van der Waals surface area contributed by atoms with Crippen LogP contribution in [0.25, 0.3) is 5.69 Å². The highest BCUT2D eigenvalue weighted by molar-refractivity contribution is 8.00. The molecule has 4 rings (SSSR count). The van der Waals surface area contributed by atoms with Gasteiger partial charge in [-0.1, -0.05) is 52.0 Å². The smallest absolute Gasteiger partial charge is 0.240 e. The number of aromatic nitrogens is 2. The summed E-state index contributed by atoms with van der Waals surface area (Å²) >= 11 is 1.49. The van der Waals surface area contributed by atoms with Gasteiger partial charge in [0.15, 0.2) is 0 Å². The minimum absolute atomic E-state index is 0.000506. The van der Waals surface area contributed by atoms with E-state index in [0.29, 0.717) is 5.82 Å². The van der Waals surface area contributed by atoms with Crippen molar-refractivity contribution in [3.05, 3.63) is 76.2 Å². The van der Waals surface area contributed by atoms with Crippen molar-refractivity contribution < 1.29 is 14.0 Å². The Morgan fingerprint density at radius 2 is 1.87 bits per heavy atom. The Morgan fingerprint density at radius 1 is 1.18 bits per heavy atom. The zero-order valence-corrected chi connectivity index (χ0v) is 24.1. The molecule has 0 radical (unpaired) electrons. The van der Waals surface area contributed by atoms with Crippen LogP contribution >= 0.6 is 11.8 Å². The lowest BCUT2D eigenvalue weighted by Crippen LogP contribution is -2.44. The van der Waals surface area contributed by atoms with E-state index in [2.05, 4.69) is 26.1 Å². The number of benzene rings is 2. The maximum Gasteiger partial charge on any atom is 0.240 e. The maximum absolute atomic E-state index is 13.9. The van der Waals surface area contributed by atoms with E-state index in [0.717, 1.165) is 40.1 Å². The Hall–Kier alpha value is -3.13. The number of nitrogens with one attached hydrogen (secondary N) is 1. The van der Waals surface area contributed by atoms with Gasteiger partial charge in [-0.3, -0.25) is 14.5 Å². The number of rotatable bonds is 6. The summed E-state index contributed by atoms with van der Waals surface area (Å²) in [5.74, 6) is 0.104. The van der Waals surface area contributed by atoms with Crippen molar-refractivity contribution in [2.45, 2.75) is 71.6 Å². The molecule has 2 atom stereocenters. The normalized spacial score (nSPS) is 16.7. The summed E-state index contributed by atoms with van der Waals surface area (Å²) in [5, 5.41) is 7.89. The summed E-state index contributed by atoms with van der Waals surface area (Å²) in [6.07, 6.45) is 0.794. The molecule has 2 amide bonds. The Bertz CT molecular complexity index is 1340. The lowest BCUT2D eigenvalue weighted by molar-refractivity contribution is -0.123. The lowest BCUT2D eigenvalue weighted by atomic mass is 9.87. The molecule has 1 aliphatic rings. The van der Waals surface area contributed by atoms with E-state index in [4.69, 9.17) is 5.10 Å². The van der Waals surface area contributed by atoms with Crippen molar-refractivity contribution in [1.82, 2.24) is 15.1 Å². The second-order valence-corrected chi connectivity index (χ2v) is 12.2. The number of halogens is 1. The van der Waals surface area contributed by atoms with Crippen LogP contribution in [0.15, 0.2) is 42.5 Å². The van der Waals surface area contributed by atoms with Gasteiger partial charge in [-0.05, 0) is 62.1 Å². The number of amides is 2. The number of carbonyl (C=O) groups is 2. The third kappa shape index (κ3) is 5.51. The molecule has 2 aromatic carbocycles. The van der Waals surface area contributed by atoms with Gasteiger partial charge in [0.25, 0.3) is 0 Å². The summed E-state index contributed by atoms with van der Waals surface area (Å²) in [4.78, 5) is 28.4. The van der Waals surface area contributed by atoms with Crippen LogP contribution in [0, 0.1) is 19.7 Å². The highest BCUT2D eigenvalue weighted by Gasteiger charge is 2.40. The monoisotopic (exact) mass is 536 g/mol. The fourth-order valence-electron chi connectivity index (χ4n) is 4.67. The highest BCUT2D eigenvalue weighted by atomic mass is 32.2. The van der Waals surface area contributed by atoms with Gasteiger partial charge in [0.05, 0.1) is 22.4 Å². The Kier molecular flexibility index (Phi) is 8.02. The molecule has 0 bridgehead atoms. The van der Waals surface area contributed by atoms with Gasteiger partial charge in [0.1, 0.15) is 18.2 Å². The minimum Gasteiger partial charge on any atom is -0.352 e. The van der Waals surface area contributed by atoms with Crippen LogP contribution in [-0.4, -0.2) is 39.9 Å². The molecule has 0 aliphatic carbocycles. The molecule has 1 aliphatic heterocycles. The topological polar surface area (TPSA) is 67.2 Å². The fraction of sp³-hybridized carbons (Fsp3) is 0.433. The number of thioether (sulfide) groups is 1. The molecular weight excluding hydrogens is 499 g/mol. The second-order valence-electron chi connectivity index (χ2n) is 11.1. The molecule has 0 fully saturated rings. The first-order valence-corrected chi connectivity index (χ1v) is 14.1. The maximum atomic E-state index is 13.9. The third-order valence-corrected chi connectivity index (χ3v) is 8.35. The van der Waals surface area contributed by atoms with E-state index in [1.54, 1.807) is 17.0 Å². The molecule has 202 valence electrons. The van der Waals surface area contributed by atoms with E-state index < -0.39 is 0 Å². The zero-order chi connectivity index (χ0) is 27.8. The molecule has 1 N–H and O–H groups in total. The molecule has 0 unspecified atom stereocenters. The SMILES string of the molecule is CC[C@H](C)NC(=O)CN1C(=O)CS[C@@H](c2ccc(F)cc2)c2c(C(C)(C)C)nn(-c3cccc(C)c3C)c21. The van der Waals surface area contributed by atoms with Gasteiger partial charge in [-0.2, -0.15) is 5.10 Å². The van der Waals surface area contributed by atoms with E-state index >= 15 is 0 Å². The molecule has 38 heavy (non-hydrogen) atoms. The van der Waals surface area contributed by atoms with Crippen molar-refractivity contribution in [3.8, 4) is 5.69 Å². The number of hydrogen-bond donors (Lipinski definition) is 1. The first-order valence-electron chi connectivity index (χ1n) is 13.1. The summed E-state index contributed by atoms with van der Waals surface area (Å²) in [6.45, 7) is 14.2. The Labute approximate surface area is 229 Å². The van der Waals surface area contributed by atoms with E-state index in [1.165, 1.54) is 23.9 Å². The number of hydrogen-bond acceptors (Lipinski definition) is 4. The van der Waals surface area contributed by atoms with Gasteiger partial charge >= 0.3 is 0 Å². The Balaban J connectivity index is 2.02. The first kappa shape index (κ1) is 27.9. The van der Waals surface area contributed by atoms with E-state index in [1.807, 2.05) is 50.6 Å². The zero-order valence-electron chi connectivity index (χ0n) is 23.3. The van der Waals surface area contributed by atoms with Crippen LogP contribution in [0.5, 0.6) is 0 Å². The van der Waals surface area contributed by atoms with Crippen molar-refractivity contribution in [2.75, 3.05) is 17.2 Å². The van der Waals surface area contributed by atoms with Crippen LogP contribution in [-0.2, 0) is 15.0 Å². The van der Waals surface area contributed by atoms with E-state index in [-0.39, 0.29) is 46.6 Å². The number of carbonyl (C=O) groups excluding carboxylic acids is 2. The number of fused-ring (bicyclic) bond motifs is 1. The standard InChI is InChI=1S/C30H37FN4O2S/c1-8-19(3)32-24(36)16-34-25(37)17-38-27(21-12-14-22(31)15-13-21)26-28(30(5,6)7)33-35(29(26)34)23-11-9-10-18(2)20(23)4/h9-15,19,27H,8,16-17H2,1-7H3,(H,32,36)/t19-,27-/m0/s1.